The quantitative estimate of drug-likeness (QED) is 0.327. The summed E-state index contributed by atoms with van der Waals surface area (Å²) in [5.41, 5.74) is 3.22. The van der Waals surface area contributed by atoms with Gasteiger partial charge in [-0.15, -0.1) is 21.5 Å². The average molecular weight is 483 g/mol. The van der Waals surface area contributed by atoms with Gasteiger partial charge in [-0.3, -0.25) is 4.79 Å². The second-order valence-electron chi connectivity index (χ2n) is 6.74. The number of carbonyl (C=O) groups is 1. The number of nitrogens with zero attached hydrogens (tertiary/aromatic N) is 3. The molecule has 0 aliphatic rings. The number of para-hydroxylation sites is 1. The Kier molecular flexibility index (Phi) is 7.04. The van der Waals surface area contributed by atoms with Crippen molar-refractivity contribution >= 4 is 46.3 Å². The number of amides is 1. The Morgan fingerprint density at radius 1 is 1.12 bits per heavy atom. The maximum atomic E-state index is 12.2. The molecule has 2 heterocycles. The lowest BCUT2D eigenvalue weighted by Gasteiger charge is -2.06. The predicted molar refractivity (Wildman–Crippen MR) is 131 cm³/mol. The van der Waals surface area contributed by atoms with Gasteiger partial charge in [0.25, 0.3) is 0 Å². The minimum atomic E-state index is -0.157. The minimum absolute atomic E-state index is 0.157. The molecule has 6 nitrogen and oxygen atoms in total. The zero-order valence-corrected chi connectivity index (χ0v) is 19.7. The molecule has 0 bridgehead atoms. The fraction of sp³-hybridized carbons (Fsp3) is 0.130. The van der Waals surface area contributed by atoms with Gasteiger partial charge < -0.3 is 10.1 Å². The van der Waals surface area contributed by atoms with Gasteiger partial charge in [0.05, 0.1) is 34.1 Å². The molecule has 2 aromatic carbocycles. The summed E-state index contributed by atoms with van der Waals surface area (Å²) in [5, 5.41) is 13.5. The smallest absolute Gasteiger partial charge is 0.234 e. The third-order valence-corrected chi connectivity index (χ3v) is 6.96. The van der Waals surface area contributed by atoms with E-state index in [-0.39, 0.29) is 11.7 Å². The van der Waals surface area contributed by atoms with Crippen molar-refractivity contribution in [1.29, 1.82) is 0 Å². The number of hydrogen-bond donors (Lipinski definition) is 1. The van der Waals surface area contributed by atoms with Gasteiger partial charge in [0.15, 0.2) is 0 Å². The van der Waals surface area contributed by atoms with Gasteiger partial charge >= 0.3 is 0 Å². The highest BCUT2D eigenvalue weighted by atomic mass is 35.5. The maximum Gasteiger partial charge on any atom is 0.234 e. The number of thioether (sulfide) groups is 1. The molecule has 0 saturated carbocycles. The van der Waals surface area contributed by atoms with Gasteiger partial charge in [-0.05, 0) is 43.3 Å². The normalized spacial score (nSPS) is 10.7. The number of nitrogens with one attached hydrogen (secondary N) is 1. The molecule has 32 heavy (non-hydrogen) atoms. The van der Waals surface area contributed by atoms with Crippen LogP contribution in [0.4, 0.5) is 5.69 Å². The van der Waals surface area contributed by atoms with Gasteiger partial charge in [-0.25, -0.2) is 4.98 Å². The summed E-state index contributed by atoms with van der Waals surface area (Å²) in [5.74, 6) is 0.839. The average Bonchev–Trinajstić information content (AvgIpc) is 3.21. The molecular weight excluding hydrogens is 464 g/mol. The zero-order valence-electron chi connectivity index (χ0n) is 17.3. The van der Waals surface area contributed by atoms with E-state index >= 15 is 0 Å². The van der Waals surface area contributed by atoms with E-state index in [1.54, 1.807) is 30.6 Å². The largest absolute Gasteiger partial charge is 0.497 e. The number of aromatic nitrogens is 3. The summed E-state index contributed by atoms with van der Waals surface area (Å²) in [6.07, 6.45) is 0. The molecule has 4 aromatic rings. The van der Waals surface area contributed by atoms with E-state index in [0.29, 0.717) is 15.7 Å². The van der Waals surface area contributed by atoms with Gasteiger partial charge in [0.2, 0.25) is 5.91 Å². The number of methoxy groups -OCH3 is 1. The molecule has 0 unspecified atom stereocenters. The monoisotopic (exact) mass is 482 g/mol. The first-order valence-corrected chi connectivity index (χ1v) is 11.8. The van der Waals surface area contributed by atoms with Crippen molar-refractivity contribution in [2.24, 2.45) is 0 Å². The highest BCUT2D eigenvalue weighted by Gasteiger charge is 2.14. The Morgan fingerprint density at radius 3 is 2.72 bits per heavy atom. The van der Waals surface area contributed by atoms with Crippen LogP contribution >= 0.6 is 34.7 Å². The molecule has 1 N–H and O–H groups in total. The van der Waals surface area contributed by atoms with Crippen LogP contribution in [0.1, 0.15) is 5.69 Å². The predicted octanol–water partition coefficient (Wildman–Crippen LogP) is 5.97. The van der Waals surface area contributed by atoms with Crippen molar-refractivity contribution in [2.75, 3.05) is 18.2 Å². The zero-order chi connectivity index (χ0) is 22.5. The fourth-order valence-corrected chi connectivity index (χ4v) is 4.74. The van der Waals surface area contributed by atoms with E-state index in [2.05, 4.69) is 20.5 Å². The summed E-state index contributed by atoms with van der Waals surface area (Å²) in [6.45, 7) is 1.96. The number of hydrogen-bond acceptors (Lipinski definition) is 7. The van der Waals surface area contributed by atoms with Crippen LogP contribution in [0.5, 0.6) is 5.75 Å². The van der Waals surface area contributed by atoms with Crippen molar-refractivity contribution < 1.29 is 9.53 Å². The molecule has 0 radical (unpaired) electrons. The number of anilines is 1. The lowest BCUT2D eigenvalue weighted by Crippen LogP contribution is -2.14. The SMILES string of the molecule is COc1cccc(-c2nc(C)c(-c3ccc(SCC(=O)Nc4ccccc4Cl)nn3)s2)c1. The maximum absolute atomic E-state index is 12.2. The number of halogens is 1. The Balaban J connectivity index is 1.42. The minimum Gasteiger partial charge on any atom is -0.497 e. The number of thiazole rings is 1. The van der Waals surface area contributed by atoms with Crippen molar-refractivity contribution in [1.82, 2.24) is 15.2 Å². The van der Waals surface area contributed by atoms with Gasteiger partial charge in [0, 0.05) is 5.56 Å². The number of rotatable bonds is 7. The Morgan fingerprint density at radius 2 is 1.97 bits per heavy atom. The van der Waals surface area contributed by atoms with E-state index in [1.165, 1.54) is 11.8 Å². The summed E-state index contributed by atoms with van der Waals surface area (Å²) in [7, 11) is 1.65. The Hall–Kier alpha value is -2.94. The highest BCUT2D eigenvalue weighted by molar-refractivity contribution is 7.99. The lowest BCUT2D eigenvalue weighted by molar-refractivity contribution is -0.113. The van der Waals surface area contributed by atoms with Gasteiger partial charge in [-0.1, -0.05) is 47.6 Å². The number of aryl methyl sites for hydroxylation is 1. The van der Waals surface area contributed by atoms with Crippen LogP contribution < -0.4 is 10.1 Å². The van der Waals surface area contributed by atoms with Gasteiger partial charge in [0.1, 0.15) is 21.5 Å². The van der Waals surface area contributed by atoms with Crippen molar-refractivity contribution in [3.8, 4) is 26.9 Å². The second kappa shape index (κ2) is 10.1. The van der Waals surface area contributed by atoms with Crippen LogP contribution in [0, 0.1) is 6.92 Å². The summed E-state index contributed by atoms with van der Waals surface area (Å²) < 4.78 is 5.31. The van der Waals surface area contributed by atoms with Crippen LogP contribution in [0.2, 0.25) is 5.02 Å². The first kappa shape index (κ1) is 22.3. The second-order valence-corrected chi connectivity index (χ2v) is 9.14. The molecule has 0 aliphatic heterocycles. The molecule has 2 aromatic heterocycles. The Bertz CT molecular complexity index is 1240. The lowest BCUT2D eigenvalue weighted by atomic mass is 10.2. The molecule has 1 amide bonds. The molecular formula is C23H19ClN4O2S2. The number of ether oxygens (including phenoxy) is 1. The third kappa shape index (κ3) is 5.27. The molecule has 0 atom stereocenters. The van der Waals surface area contributed by atoms with Crippen LogP contribution in [0.25, 0.3) is 21.1 Å². The van der Waals surface area contributed by atoms with Crippen LogP contribution in [-0.4, -0.2) is 34.0 Å². The van der Waals surface area contributed by atoms with Crippen molar-refractivity contribution in [3.63, 3.8) is 0 Å². The molecule has 162 valence electrons. The molecule has 0 spiro atoms. The first-order chi connectivity index (χ1) is 15.5. The van der Waals surface area contributed by atoms with Crippen molar-refractivity contribution in [3.05, 3.63) is 71.4 Å². The number of benzene rings is 2. The van der Waals surface area contributed by atoms with E-state index < -0.39 is 0 Å². The summed E-state index contributed by atoms with van der Waals surface area (Å²) >= 11 is 8.95. The molecule has 4 rings (SSSR count). The first-order valence-electron chi connectivity index (χ1n) is 9.66. The summed E-state index contributed by atoms with van der Waals surface area (Å²) in [4.78, 5) is 17.8. The summed E-state index contributed by atoms with van der Waals surface area (Å²) in [6, 6.07) is 18.7. The molecule has 0 aliphatic carbocycles. The van der Waals surface area contributed by atoms with Crippen LogP contribution in [0.15, 0.2) is 65.7 Å². The van der Waals surface area contributed by atoms with E-state index in [9.17, 15) is 4.79 Å². The van der Waals surface area contributed by atoms with Crippen LogP contribution in [-0.2, 0) is 4.79 Å². The topological polar surface area (TPSA) is 77.0 Å². The number of carbonyl (C=O) groups excluding carboxylic acids is 1. The van der Waals surface area contributed by atoms with E-state index in [4.69, 9.17) is 16.3 Å². The molecule has 9 heteroatoms. The standard InChI is InChI=1S/C23H19ClN4O2S2/c1-14-22(32-23(25-14)15-6-5-7-16(12-15)30-2)19-10-11-21(28-27-19)31-13-20(29)26-18-9-4-3-8-17(18)24/h3-12H,13H2,1-2H3,(H,26,29). The fourth-order valence-electron chi connectivity index (χ4n) is 2.92. The molecule has 0 fully saturated rings. The molecule has 0 saturated heterocycles. The van der Waals surface area contributed by atoms with Gasteiger partial charge in [-0.2, -0.15) is 0 Å². The Labute approximate surface area is 199 Å². The van der Waals surface area contributed by atoms with Crippen molar-refractivity contribution in [2.45, 2.75) is 11.9 Å². The highest BCUT2D eigenvalue weighted by Crippen LogP contribution is 2.35. The third-order valence-electron chi connectivity index (χ3n) is 4.49. The van der Waals surface area contributed by atoms with E-state index in [0.717, 1.165) is 32.6 Å². The van der Waals surface area contributed by atoms with Crippen LogP contribution in [0.3, 0.4) is 0 Å². The van der Waals surface area contributed by atoms with E-state index in [1.807, 2.05) is 55.5 Å².